The van der Waals surface area contributed by atoms with Crippen LogP contribution in [0.1, 0.15) is 41.5 Å². The van der Waals surface area contributed by atoms with E-state index < -0.39 is 13.9 Å². The molecule has 26 heavy (non-hydrogen) atoms. The fraction of sp³-hybridized carbons (Fsp3) is 0.889. The van der Waals surface area contributed by atoms with E-state index in [4.69, 9.17) is 9.16 Å². The molecule has 2 fully saturated rings. The SMILES string of the molecule is CC(C)(C)OC(=O)N1CCN2C(=O)NC[C@@H]2C1CO[Si](C)(C)C(C)(C)C. The van der Waals surface area contributed by atoms with E-state index in [0.717, 1.165) is 0 Å². The van der Waals surface area contributed by atoms with E-state index >= 15 is 0 Å². The van der Waals surface area contributed by atoms with Gasteiger partial charge in [-0.05, 0) is 38.9 Å². The van der Waals surface area contributed by atoms with Gasteiger partial charge in [-0.3, -0.25) is 4.90 Å². The molecule has 0 saturated carbocycles. The van der Waals surface area contributed by atoms with Crippen molar-refractivity contribution >= 4 is 20.4 Å². The van der Waals surface area contributed by atoms with Gasteiger partial charge in [0.25, 0.3) is 0 Å². The molecule has 2 aliphatic rings. The van der Waals surface area contributed by atoms with Gasteiger partial charge in [0, 0.05) is 19.6 Å². The average molecular weight is 386 g/mol. The predicted octanol–water partition coefficient (Wildman–Crippen LogP) is 3.02. The molecule has 2 rings (SSSR count). The maximum atomic E-state index is 12.8. The van der Waals surface area contributed by atoms with Gasteiger partial charge in [-0.25, -0.2) is 9.59 Å². The summed E-state index contributed by atoms with van der Waals surface area (Å²) in [6.45, 7) is 18.5. The second-order valence-corrected chi connectivity index (χ2v) is 14.6. The summed E-state index contributed by atoms with van der Waals surface area (Å²) in [5.41, 5.74) is -0.553. The summed E-state index contributed by atoms with van der Waals surface area (Å²) in [4.78, 5) is 28.4. The van der Waals surface area contributed by atoms with Crippen LogP contribution in [0.15, 0.2) is 0 Å². The molecule has 1 unspecified atom stereocenters. The highest BCUT2D eigenvalue weighted by Crippen LogP contribution is 2.37. The van der Waals surface area contributed by atoms with Gasteiger partial charge in [0.2, 0.25) is 0 Å². The molecule has 0 aromatic heterocycles. The monoisotopic (exact) mass is 385 g/mol. The number of nitrogens with zero attached hydrogens (tertiary/aromatic N) is 2. The number of hydrogen-bond acceptors (Lipinski definition) is 4. The lowest BCUT2D eigenvalue weighted by Gasteiger charge is -2.45. The predicted molar refractivity (Wildman–Crippen MR) is 104 cm³/mol. The van der Waals surface area contributed by atoms with E-state index in [1.807, 2.05) is 25.7 Å². The van der Waals surface area contributed by atoms with Gasteiger partial charge >= 0.3 is 12.1 Å². The van der Waals surface area contributed by atoms with E-state index in [0.29, 0.717) is 26.2 Å². The van der Waals surface area contributed by atoms with Crippen LogP contribution >= 0.6 is 0 Å². The number of carbonyl (C=O) groups excluding carboxylic acids is 2. The largest absolute Gasteiger partial charge is 0.444 e. The first-order valence-electron chi connectivity index (χ1n) is 9.41. The summed E-state index contributed by atoms with van der Waals surface area (Å²) in [5, 5.41) is 2.98. The van der Waals surface area contributed by atoms with Gasteiger partial charge < -0.3 is 19.4 Å². The molecule has 0 radical (unpaired) electrons. The molecule has 1 N–H and O–H groups in total. The molecular weight excluding hydrogens is 350 g/mol. The quantitative estimate of drug-likeness (QED) is 0.758. The third kappa shape index (κ3) is 4.51. The molecule has 0 aromatic rings. The lowest BCUT2D eigenvalue weighted by Crippen LogP contribution is -2.63. The van der Waals surface area contributed by atoms with Crippen LogP contribution in [0.4, 0.5) is 9.59 Å². The molecule has 0 aromatic carbocycles. The number of urea groups is 1. The van der Waals surface area contributed by atoms with E-state index in [1.54, 1.807) is 4.90 Å². The van der Waals surface area contributed by atoms with Gasteiger partial charge in [0.05, 0.1) is 18.7 Å². The van der Waals surface area contributed by atoms with Crippen LogP contribution in [0.5, 0.6) is 0 Å². The van der Waals surface area contributed by atoms with Crippen molar-refractivity contribution in [3.63, 3.8) is 0 Å². The summed E-state index contributed by atoms with van der Waals surface area (Å²) in [5.74, 6) is 0. The van der Waals surface area contributed by atoms with Crippen LogP contribution in [0.3, 0.4) is 0 Å². The fourth-order valence-electron chi connectivity index (χ4n) is 3.01. The topological polar surface area (TPSA) is 71.1 Å². The maximum Gasteiger partial charge on any atom is 0.410 e. The molecule has 2 aliphatic heterocycles. The minimum Gasteiger partial charge on any atom is -0.444 e. The Labute approximate surface area is 158 Å². The number of hydrogen-bond donors (Lipinski definition) is 1. The first-order chi connectivity index (χ1) is 11.7. The Morgan fingerprint density at radius 1 is 1.19 bits per heavy atom. The molecule has 3 amide bonds. The second-order valence-electron chi connectivity index (χ2n) is 9.76. The standard InChI is InChI=1S/C18H35N3O4Si/c1-17(2,3)25-16(23)21-10-9-20-13(11-19-15(20)22)14(21)12-24-26(7,8)18(4,5)6/h13-14H,9-12H2,1-8H3,(H,19,22)/t13-,14?/m1/s1. The number of fused-ring (bicyclic) bond motifs is 1. The van der Waals surface area contributed by atoms with Crippen LogP contribution in [0.25, 0.3) is 0 Å². The summed E-state index contributed by atoms with van der Waals surface area (Å²) >= 11 is 0. The van der Waals surface area contributed by atoms with Crippen LogP contribution in [-0.4, -0.2) is 74.2 Å². The Kier molecular flexibility index (Phi) is 5.69. The van der Waals surface area contributed by atoms with Gasteiger partial charge in [-0.15, -0.1) is 0 Å². The molecule has 2 heterocycles. The Balaban J connectivity index is 2.19. The maximum absolute atomic E-state index is 12.8. The lowest BCUT2D eigenvalue weighted by molar-refractivity contribution is -0.0155. The normalized spacial score (nSPS) is 24.4. The van der Waals surface area contributed by atoms with Crippen molar-refractivity contribution in [2.75, 3.05) is 26.2 Å². The van der Waals surface area contributed by atoms with Gasteiger partial charge in [0.1, 0.15) is 5.60 Å². The Bertz CT molecular complexity index is 554. The minimum atomic E-state index is -1.96. The highest BCUT2D eigenvalue weighted by molar-refractivity contribution is 6.74. The van der Waals surface area contributed by atoms with Gasteiger partial charge in [-0.2, -0.15) is 0 Å². The molecule has 0 bridgehead atoms. The van der Waals surface area contributed by atoms with Crippen molar-refractivity contribution in [1.29, 1.82) is 0 Å². The lowest BCUT2D eigenvalue weighted by atomic mass is 10.0. The number of nitrogens with one attached hydrogen (secondary N) is 1. The number of carbonyl (C=O) groups is 2. The molecule has 2 saturated heterocycles. The Morgan fingerprint density at radius 2 is 1.81 bits per heavy atom. The fourth-order valence-corrected chi connectivity index (χ4v) is 4.03. The molecule has 0 spiro atoms. The van der Waals surface area contributed by atoms with Crippen LogP contribution in [-0.2, 0) is 9.16 Å². The summed E-state index contributed by atoms with van der Waals surface area (Å²) in [6.07, 6.45) is -0.333. The highest BCUT2D eigenvalue weighted by atomic mass is 28.4. The third-order valence-corrected chi connectivity index (χ3v) is 10.1. The molecule has 150 valence electrons. The van der Waals surface area contributed by atoms with Crippen molar-refractivity contribution in [3.05, 3.63) is 0 Å². The Hall–Kier alpha value is -1.28. The average Bonchev–Trinajstić information content (AvgIpc) is 2.83. The zero-order chi connectivity index (χ0) is 19.9. The minimum absolute atomic E-state index is 0.0591. The van der Waals surface area contributed by atoms with Crippen LogP contribution in [0, 0.1) is 0 Å². The first-order valence-corrected chi connectivity index (χ1v) is 12.3. The van der Waals surface area contributed by atoms with Gasteiger partial charge in [0.15, 0.2) is 8.32 Å². The molecule has 2 atom stereocenters. The van der Waals surface area contributed by atoms with Crippen molar-refractivity contribution in [2.45, 2.75) is 77.4 Å². The number of ether oxygens (including phenoxy) is 1. The van der Waals surface area contributed by atoms with E-state index in [9.17, 15) is 9.59 Å². The smallest absolute Gasteiger partial charge is 0.410 e. The van der Waals surface area contributed by atoms with Gasteiger partial charge in [-0.1, -0.05) is 20.8 Å². The van der Waals surface area contributed by atoms with Crippen LogP contribution < -0.4 is 5.32 Å². The number of amides is 3. The zero-order valence-corrected chi connectivity index (χ0v) is 18.5. The van der Waals surface area contributed by atoms with Crippen molar-refractivity contribution in [1.82, 2.24) is 15.1 Å². The second kappa shape index (κ2) is 7.03. The van der Waals surface area contributed by atoms with E-state index in [2.05, 4.69) is 39.2 Å². The molecule has 0 aliphatic carbocycles. The summed E-state index contributed by atoms with van der Waals surface area (Å²) < 4.78 is 12.0. The highest BCUT2D eigenvalue weighted by Gasteiger charge is 2.47. The summed E-state index contributed by atoms with van der Waals surface area (Å²) in [6, 6.07) is -0.337. The zero-order valence-electron chi connectivity index (χ0n) is 17.5. The van der Waals surface area contributed by atoms with Crippen molar-refractivity contribution < 1.29 is 18.8 Å². The summed E-state index contributed by atoms with van der Waals surface area (Å²) in [7, 11) is -1.96. The first kappa shape index (κ1) is 21.0. The number of piperazine rings is 1. The van der Waals surface area contributed by atoms with E-state index in [-0.39, 0.29) is 29.2 Å². The Morgan fingerprint density at radius 3 is 2.35 bits per heavy atom. The van der Waals surface area contributed by atoms with Crippen LogP contribution in [0.2, 0.25) is 18.1 Å². The molecular formula is C18H35N3O4Si. The third-order valence-electron chi connectivity index (χ3n) is 5.60. The molecule has 7 nitrogen and oxygen atoms in total. The number of rotatable bonds is 3. The molecule has 8 heteroatoms. The van der Waals surface area contributed by atoms with Crippen molar-refractivity contribution in [3.8, 4) is 0 Å². The van der Waals surface area contributed by atoms with E-state index in [1.165, 1.54) is 0 Å². The van der Waals surface area contributed by atoms with Crippen molar-refractivity contribution in [2.24, 2.45) is 0 Å².